The molecule has 1 fully saturated rings. The molecule has 1 saturated heterocycles. The minimum atomic E-state index is -1.25. The van der Waals surface area contributed by atoms with E-state index in [9.17, 15) is 34.1 Å². The number of hydrogen-bond acceptors (Lipinski definition) is 11. The second-order valence-corrected chi connectivity index (χ2v) is 15.1. The van der Waals surface area contributed by atoms with Crippen LogP contribution in [0.3, 0.4) is 0 Å². The number of methoxy groups -OCH3 is 1. The van der Waals surface area contributed by atoms with Gasteiger partial charge in [-0.3, -0.25) is 14.2 Å². The highest BCUT2D eigenvalue weighted by atomic mass is 17.0. The Bertz CT molecular complexity index is 1610. The summed E-state index contributed by atoms with van der Waals surface area (Å²) >= 11 is 0. The molecule has 3 N–H and O–H groups in total. The Morgan fingerprint density at radius 2 is 1.56 bits per heavy atom. The number of benzene rings is 1. The Kier molecular flexibility index (Phi) is 17.2. The molecular formula is C38H58N6O11. The number of ether oxygens (including phenoxy) is 3. The number of carbonyl (C=O) groups excluding carboxylic acids is 5. The summed E-state index contributed by atoms with van der Waals surface area (Å²) in [5.74, 6) is -1.97. The molecule has 5 unspecified atom stereocenters. The molecule has 5 atom stereocenters. The van der Waals surface area contributed by atoms with Crippen LogP contribution in [0.1, 0.15) is 92.1 Å². The first kappa shape index (κ1) is 44.5. The maximum Gasteiger partial charge on any atom is 0.418 e. The molecule has 1 aromatic heterocycles. The average molecular weight is 775 g/mol. The van der Waals surface area contributed by atoms with Gasteiger partial charge in [0.1, 0.15) is 31.3 Å². The Labute approximate surface area is 322 Å². The number of piperidine rings is 1. The monoisotopic (exact) mass is 774 g/mol. The lowest BCUT2D eigenvalue weighted by Gasteiger charge is -2.40. The lowest BCUT2D eigenvalue weighted by molar-refractivity contribution is -0.758. The molecule has 4 amide bonds. The van der Waals surface area contributed by atoms with Crippen molar-refractivity contribution in [2.24, 2.45) is 5.41 Å². The number of nitrogens with zero attached hydrogens (tertiary/aromatic N) is 3. The van der Waals surface area contributed by atoms with Crippen molar-refractivity contribution >= 4 is 40.8 Å². The van der Waals surface area contributed by atoms with Crippen LogP contribution in [0.4, 0.5) is 9.59 Å². The maximum atomic E-state index is 14.3. The van der Waals surface area contributed by atoms with Crippen LogP contribution in [0.2, 0.25) is 0 Å². The van der Waals surface area contributed by atoms with Crippen molar-refractivity contribution in [2.45, 2.75) is 123 Å². The van der Waals surface area contributed by atoms with E-state index in [-0.39, 0.29) is 63.8 Å². The lowest BCUT2D eigenvalue weighted by Crippen LogP contribution is -2.60. The minimum Gasteiger partial charge on any atom is -0.462 e. The van der Waals surface area contributed by atoms with Gasteiger partial charge in [0.25, 0.3) is 5.09 Å². The number of amides is 4. The van der Waals surface area contributed by atoms with E-state index < -0.39 is 52.5 Å². The fourth-order valence-electron chi connectivity index (χ4n) is 6.73. The zero-order chi connectivity index (χ0) is 40.7. The zero-order valence-electron chi connectivity index (χ0n) is 33.1. The van der Waals surface area contributed by atoms with Gasteiger partial charge in [0.05, 0.1) is 25.8 Å². The molecule has 0 aliphatic carbocycles. The molecule has 306 valence electrons. The SMILES string of the molecule is CCCCC(NC(=O)C(Cc1cn(C(=O)OC)c2ccccc12)NC(=O)C(CC(C)(C)C)NC(=O)N1C(C)CCCC1C)C(=O)OCCOCCO[N+](=O)[O-]. The Balaban J connectivity index is 1.91. The predicted octanol–water partition coefficient (Wildman–Crippen LogP) is 4.50. The molecule has 55 heavy (non-hydrogen) atoms. The second kappa shape index (κ2) is 21.2. The molecule has 0 saturated carbocycles. The quantitative estimate of drug-likeness (QED) is 0.0783. The summed E-state index contributed by atoms with van der Waals surface area (Å²) in [5.41, 5.74) is 0.701. The summed E-state index contributed by atoms with van der Waals surface area (Å²) in [4.78, 5) is 84.4. The number of hydrogen-bond donors (Lipinski definition) is 3. The molecule has 2 heterocycles. The predicted molar refractivity (Wildman–Crippen MR) is 203 cm³/mol. The van der Waals surface area contributed by atoms with Crippen molar-refractivity contribution in [3.8, 4) is 0 Å². The van der Waals surface area contributed by atoms with Gasteiger partial charge in [0.15, 0.2) is 0 Å². The largest absolute Gasteiger partial charge is 0.462 e. The van der Waals surface area contributed by atoms with Gasteiger partial charge in [-0.1, -0.05) is 58.7 Å². The van der Waals surface area contributed by atoms with Crippen molar-refractivity contribution in [1.82, 2.24) is 25.4 Å². The van der Waals surface area contributed by atoms with E-state index in [0.29, 0.717) is 22.9 Å². The number of likely N-dealkylation sites (tertiary alicyclic amines) is 1. The smallest absolute Gasteiger partial charge is 0.418 e. The van der Waals surface area contributed by atoms with Gasteiger partial charge in [0.2, 0.25) is 11.8 Å². The van der Waals surface area contributed by atoms with Gasteiger partial charge >= 0.3 is 18.1 Å². The average Bonchev–Trinajstić information content (AvgIpc) is 3.49. The van der Waals surface area contributed by atoms with E-state index in [4.69, 9.17) is 14.2 Å². The van der Waals surface area contributed by atoms with Crippen LogP contribution >= 0.6 is 0 Å². The Morgan fingerprint density at radius 1 is 0.927 bits per heavy atom. The summed E-state index contributed by atoms with van der Waals surface area (Å²) in [5, 5.41) is 18.6. The summed E-state index contributed by atoms with van der Waals surface area (Å²) < 4.78 is 16.9. The topological polar surface area (TPSA) is 210 Å². The standard InChI is InChI=1S/C38H58N6O11/c1-8-9-16-29(35(47)54-20-18-53-19-21-55-44(50)51)39-33(45)30(22-27-24-42(37(49)52-7)32-17-11-10-15-28(27)32)40-34(46)31(23-38(4,5)6)41-36(48)43-25(2)13-12-14-26(43)3/h10-11,15,17,24-26,29-31H,8-9,12-14,16,18-23H2,1-7H3,(H,39,45)(H,40,46)(H,41,48). The van der Waals surface area contributed by atoms with Crippen molar-refractivity contribution < 1.29 is 48.1 Å². The summed E-state index contributed by atoms with van der Waals surface area (Å²) in [7, 11) is 1.26. The first-order chi connectivity index (χ1) is 26.1. The van der Waals surface area contributed by atoms with Gasteiger partial charge < -0.3 is 39.9 Å². The number of esters is 1. The number of carbonyl (C=O) groups is 5. The van der Waals surface area contributed by atoms with Crippen LogP contribution in [0.15, 0.2) is 30.5 Å². The van der Waals surface area contributed by atoms with Crippen LogP contribution < -0.4 is 16.0 Å². The summed E-state index contributed by atoms with van der Waals surface area (Å²) in [6, 6.07) is 3.36. The molecule has 1 aliphatic rings. The molecule has 0 bridgehead atoms. The van der Waals surface area contributed by atoms with E-state index >= 15 is 0 Å². The molecule has 0 radical (unpaired) electrons. The van der Waals surface area contributed by atoms with E-state index in [2.05, 4.69) is 20.8 Å². The van der Waals surface area contributed by atoms with E-state index in [0.717, 1.165) is 25.7 Å². The fourth-order valence-corrected chi connectivity index (χ4v) is 6.73. The molecule has 1 aliphatic heterocycles. The summed E-state index contributed by atoms with van der Waals surface area (Å²) in [6.07, 6.45) is 5.34. The number of fused-ring (bicyclic) bond motifs is 1. The van der Waals surface area contributed by atoms with Gasteiger partial charge in [-0.15, -0.1) is 10.1 Å². The van der Waals surface area contributed by atoms with E-state index in [1.54, 1.807) is 35.4 Å². The Morgan fingerprint density at radius 3 is 2.20 bits per heavy atom. The molecule has 17 heteroatoms. The molecule has 1 aromatic carbocycles. The minimum absolute atomic E-state index is 0.0123. The van der Waals surface area contributed by atoms with Crippen molar-refractivity contribution in [3.05, 3.63) is 46.1 Å². The maximum absolute atomic E-state index is 14.3. The number of urea groups is 1. The molecule has 17 nitrogen and oxygen atoms in total. The van der Waals surface area contributed by atoms with Crippen molar-refractivity contribution in [2.75, 3.05) is 33.5 Å². The third-order valence-electron chi connectivity index (χ3n) is 9.43. The van der Waals surface area contributed by atoms with E-state index in [1.807, 2.05) is 41.5 Å². The molecular weight excluding hydrogens is 716 g/mol. The van der Waals surface area contributed by atoms with Crippen LogP contribution in [-0.4, -0.2) is 108 Å². The third kappa shape index (κ3) is 13.7. The Hall–Kier alpha value is -4.93. The van der Waals surface area contributed by atoms with Gasteiger partial charge in [-0.05, 0) is 63.0 Å². The number of rotatable bonds is 19. The van der Waals surface area contributed by atoms with Crippen LogP contribution in [-0.2, 0) is 39.9 Å². The normalized spacial score (nSPS) is 17.4. The fraction of sp³-hybridized carbons (Fsp3) is 0.658. The lowest BCUT2D eigenvalue weighted by atomic mass is 9.87. The summed E-state index contributed by atoms with van der Waals surface area (Å²) in [6.45, 7) is 11.2. The first-order valence-corrected chi connectivity index (χ1v) is 18.9. The first-order valence-electron chi connectivity index (χ1n) is 18.9. The van der Waals surface area contributed by atoms with Crippen LogP contribution in [0, 0.1) is 15.5 Å². The number of nitrogens with one attached hydrogen (secondary N) is 3. The molecule has 2 aromatic rings. The van der Waals surface area contributed by atoms with Crippen LogP contribution in [0.5, 0.6) is 0 Å². The third-order valence-corrected chi connectivity index (χ3v) is 9.43. The number of para-hydroxylation sites is 1. The highest BCUT2D eigenvalue weighted by molar-refractivity contribution is 5.95. The van der Waals surface area contributed by atoms with Crippen molar-refractivity contribution in [1.29, 1.82) is 0 Å². The number of aromatic nitrogens is 1. The van der Waals surface area contributed by atoms with Crippen molar-refractivity contribution in [3.63, 3.8) is 0 Å². The van der Waals surface area contributed by atoms with E-state index in [1.165, 1.54) is 11.7 Å². The number of unbranched alkanes of at least 4 members (excludes halogenated alkanes) is 1. The highest BCUT2D eigenvalue weighted by Crippen LogP contribution is 2.26. The van der Waals surface area contributed by atoms with Gasteiger partial charge in [0, 0.05) is 30.1 Å². The van der Waals surface area contributed by atoms with Gasteiger partial charge in [-0.2, -0.15) is 0 Å². The molecule has 0 spiro atoms. The van der Waals surface area contributed by atoms with Gasteiger partial charge in [-0.25, -0.2) is 14.4 Å². The zero-order valence-corrected chi connectivity index (χ0v) is 33.1. The highest BCUT2D eigenvalue weighted by Gasteiger charge is 2.36. The van der Waals surface area contributed by atoms with Crippen LogP contribution in [0.25, 0.3) is 10.9 Å². The molecule has 3 rings (SSSR count). The second-order valence-electron chi connectivity index (χ2n) is 15.1.